The number of hydrogen-bond acceptors (Lipinski definition) is 3. The molecule has 0 fully saturated rings. The number of hydrogen-bond donors (Lipinski definition) is 2. The van der Waals surface area contributed by atoms with Crippen LogP contribution in [0, 0.1) is 20.8 Å². The van der Waals surface area contributed by atoms with Crippen molar-refractivity contribution < 1.29 is 4.74 Å². The minimum Gasteiger partial charge on any atom is -0.380 e. The first-order chi connectivity index (χ1) is 18.3. The van der Waals surface area contributed by atoms with E-state index in [2.05, 4.69) is 75.8 Å². The molecule has 0 saturated heterocycles. The van der Waals surface area contributed by atoms with Gasteiger partial charge in [0, 0.05) is 52.0 Å². The van der Waals surface area contributed by atoms with Crippen LogP contribution in [0.1, 0.15) is 104 Å². The van der Waals surface area contributed by atoms with E-state index in [4.69, 9.17) is 14.7 Å². The third kappa shape index (κ3) is 5.09. The second kappa shape index (κ2) is 11.7. The molecule has 0 aromatic carbocycles. The molecule has 3 aromatic heterocycles. The van der Waals surface area contributed by atoms with Gasteiger partial charge in [-0.3, -0.25) is 4.98 Å². The van der Waals surface area contributed by atoms with Gasteiger partial charge >= 0.3 is 0 Å². The van der Waals surface area contributed by atoms with Crippen LogP contribution in [0.25, 0.3) is 33.7 Å². The number of aryl methyl sites for hydroxylation is 3. The fourth-order valence-electron chi connectivity index (χ4n) is 5.83. The van der Waals surface area contributed by atoms with E-state index in [0.29, 0.717) is 12.5 Å². The van der Waals surface area contributed by atoms with Crippen LogP contribution in [0.15, 0.2) is 18.2 Å². The molecule has 5 heteroatoms. The molecule has 2 aliphatic rings. The van der Waals surface area contributed by atoms with Crippen molar-refractivity contribution in [2.45, 2.75) is 93.6 Å². The maximum Gasteiger partial charge on any atom is 0.0736 e. The first kappa shape index (κ1) is 27.8. The normalized spacial score (nSPS) is 14.8. The van der Waals surface area contributed by atoms with Crippen LogP contribution in [0.5, 0.6) is 0 Å². The van der Waals surface area contributed by atoms with Crippen molar-refractivity contribution in [3.05, 3.63) is 68.8 Å². The van der Waals surface area contributed by atoms with E-state index in [1.165, 1.54) is 39.1 Å². The van der Waals surface area contributed by atoms with Crippen molar-refractivity contribution in [2.24, 2.45) is 0 Å². The van der Waals surface area contributed by atoms with Gasteiger partial charge in [0.15, 0.2) is 0 Å². The number of fused-ring (bicyclic) bond motifs is 8. The summed E-state index contributed by atoms with van der Waals surface area (Å²) in [5, 5.41) is 0. The molecule has 1 unspecified atom stereocenters. The summed E-state index contributed by atoms with van der Waals surface area (Å²) in [6, 6.07) is 6.70. The maximum absolute atomic E-state index is 5.61. The number of ether oxygens (including phenoxy) is 1. The van der Waals surface area contributed by atoms with Crippen LogP contribution in [0.4, 0.5) is 0 Å². The van der Waals surface area contributed by atoms with E-state index >= 15 is 0 Å². The van der Waals surface area contributed by atoms with Gasteiger partial charge in [0.2, 0.25) is 0 Å². The highest BCUT2D eigenvalue weighted by atomic mass is 16.5. The van der Waals surface area contributed by atoms with Crippen LogP contribution < -0.4 is 0 Å². The van der Waals surface area contributed by atoms with Crippen LogP contribution in [0.3, 0.4) is 0 Å². The maximum atomic E-state index is 5.61. The lowest BCUT2D eigenvalue weighted by molar-refractivity contribution is 0.185. The minimum atomic E-state index is 0.431. The molecule has 202 valence electrons. The molecule has 3 aromatic rings. The van der Waals surface area contributed by atoms with E-state index in [9.17, 15) is 0 Å². The zero-order valence-corrected chi connectivity index (χ0v) is 24.7. The lowest BCUT2D eigenvalue weighted by Gasteiger charge is -2.09. The predicted octanol–water partition coefficient (Wildman–Crippen LogP) is 8.66. The number of H-pyrrole nitrogens is 2. The largest absolute Gasteiger partial charge is 0.380 e. The predicted molar refractivity (Wildman–Crippen MR) is 162 cm³/mol. The smallest absolute Gasteiger partial charge is 0.0736 e. The second-order valence-electron chi connectivity index (χ2n) is 10.3. The lowest BCUT2D eigenvalue weighted by Crippen LogP contribution is -1.99. The van der Waals surface area contributed by atoms with Gasteiger partial charge in [0.1, 0.15) is 0 Å². The average molecular weight is 513 g/mol. The lowest BCUT2D eigenvalue weighted by atomic mass is 9.94. The minimum absolute atomic E-state index is 0.431. The Morgan fingerprint density at radius 3 is 2.16 bits per heavy atom. The molecule has 8 bridgehead atoms. The molecule has 0 amide bonds. The third-order valence-corrected chi connectivity index (χ3v) is 7.94. The summed E-state index contributed by atoms with van der Waals surface area (Å²) in [7, 11) is 1.76. The molecule has 0 radical (unpaired) electrons. The quantitative estimate of drug-likeness (QED) is 0.359. The Morgan fingerprint density at radius 1 is 0.842 bits per heavy atom. The van der Waals surface area contributed by atoms with E-state index in [-0.39, 0.29) is 0 Å². The fourth-order valence-corrected chi connectivity index (χ4v) is 5.83. The molecular formula is C33H44N4O. The van der Waals surface area contributed by atoms with Gasteiger partial charge in [-0.1, -0.05) is 34.1 Å². The molecule has 5 rings (SSSR count). The first-order valence-electron chi connectivity index (χ1n) is 14.2. The highest BCUT2D eigenvalue weighted by Crippen LogP contribution is 2.34. The van der Waals surface area contributed by atoms with Gasteiger partial charge in [-0.15, -0.1) is 0 Å². The van der Waals surface area contributed by atoms with Crippen molar-refractivity contribution in [1.29, 1.82) is 0 Å². The molecule has 0 saturated carbocycles. The van der Waals surface area contributed by atoms with Gasteiger partial charge in [-0.25, -0.2) is 4.98 Å². The molecule has 2 N–H and O–H groups in total. The Morgan fingerprint density at radius 2 is 1.50 bits per heavy atom. The van der Waals surface area contributed by atoms with Crippen LogP contribution in [-0.2, 0) is 24.2 Å². The van der Waals surface area contributed by atoms with E-state index < -0.39 is 0 Å². The molecule has 38 heavy (non-hydrogen) atoms. The number of rotatable bonds is 5. The summed E-state index contributed by atoms with van der Waals surface area (Å²) in [6.45, 7) is 17.8. The van der Waals surface area contributed by atoms with E-state index in [1.807, 2.05) is 13.8 Å². The molecule has 5 heterocycles. The fraction of sp³-hybridized carbons (Fsp3) is 0.455. The van der Waals surface area contributed by atoms with Crippen LogP contribution in [0.2, 0.25) is 0 Å². The van der Waals surface area contributed by atoms with Gasteiger partial charge in [-0.2, -0.15) is 0 Å². The summed E-state index contributed by atoms with van der Waals surface area (Å²) in [5.41, 5.74) is 16.3. The average Bonchev–Trinajstić information content (AvgIpc) is 3.63. The zero-order chi connectivity index (χ0) is 27.6. The van der Waals surface area contributed by atoms with Crippen molar-refractivity contribution in [1.82, 2.24) is 19.9 Å². The summed E-state index contributed by atoms with van der Waals surface area (Å²) >= 11 is 0. The third-order valence-electron chi connectivity index (χ3n) is 7.94. The summed E-state index contributed by atoms with van der Waals surface area (Å²) in [6.07, 6.45) is 6.42. The van der Waals surface area contributed by atoms with Crippen molar-refractivity contribution >= 4 is 33.7 Å². The van der Waals surface area contributed by atoms with E-state index in [1.54, 1.807) is 7.11 Å². The number of aromatic amines is 2. The number of aromatic nitrogens is 4. The monoisotopic (exact) mass is 512 g/mol. The highest BCUT2D eigenvalue weighted by Gasteiger charge is 2.23. The van der Waals surface area contributed by atoms with Crippen molar-refractivity contribution in [3.63, 3.8) is 0 Å². The van der Waals surface area contributed by atoms with Gasteiger partial charge < -0.3 is 14.7 Å². The standard InChI is InChI=1S/C31H38N4O.C2H6/c1-8-10-21-12-22-13-27-19(5)24(16-36-7)30(34-27)15-28-18(4)23(9-2)29(35-28)14-25-17(3)11-26(33-25)20(6)31(21)32-22;1-2/h11,13-15,21,34-35H,8-10,12,16H2,1-7H3;1-2H3. The SMILES string of the molecule is CC.CCCC1Cc2cc3[nH]c(cc4[nH]c(cc5nc(c(C)c1n2)C=C5C)c(CC)c4C)c(COC)c3C. The summed E-state index contributed by atoms with van der Waals surface area (Å²) < 4.78 is 5.61. The Hall–Kier alpha value is -3.18. The zero-order valence-electron chi connectivity index (χ0n) is 24.7. The number of nitrogens with one attached hydrogen (secondary N) is 2. The Labute approximate surface area is 227 Å². The van der Waals surface area contributed by atoms with Gasteiger partial charge in [0.25, 0.3) is 0 Å². The van der Waals surface area contributed by atoms with Gasteiger partial charge in [-0.05, 0) is 99.1 Å². The molecule has 0 aliphatic carbocycles. The molecule has 5 nitrogen and oxygen atoms in total. The number of nitrogens with zero attached hydrogens (tertiary/aromatic N) is 2. The van der Waals surface area contributed by atoms with E-state index in [0.717, 1.165) is 64.8 Å². The van der Waals surface area contributed by atoms with Crippen LogP contribution >= 0.6 is 0 Å². The molecule has 0 spiro atoms. The molecule has 2 aliphatic heterocycles. The van der Waals surface area contributed by atoms with Crippen molar-refractivity contribution in [3.8, 4) is 0 Å². The van der Waals surface area contributed by atoms with Gasteiger partial charge in [0.05, 0.1) is 18.0 Å². The second-order valence-corrected chi connectivity index (χ2v) is 10.3. The van der Waals surface area contributed by atoms with Crippen LogP contribution in [-0.4, -0.2) is 27.0 Å². The molecule has 1 atom stereocenters. The first-order valence-corrected chi connectivity index (χ1v) is 14.2. The topological polar surface area (TPSA) is 66.6 Å². The Kier molecular flexibility index (Phi) is 8.57. The summed E-state index contributed by atoms with van der Waals surface area (Å²) in [4.78, 5) is 17.7. The summed E-state index contributed by atoms with van der Waals surface area (Å²) in [5.74, 6) is 0.431. The van der Waals surface area contributed by atoms with Crippen molar-refractivity contribution in [2.75, 3.05) is 7.11 Å². The highest BCUT2D eigenvalue weighted by molar-refractivity contribution is 5.85. The Bertz CT molecular complexity index is 1520. The molecular weight excluding hydrogens is 468 g/mol. The number of allylic oxidation sites excluding steroid dienone is 1. The Balaban J connectivity index is 0.00000164. The number of methoxy groups -OCH3 is 1.